The van der Waals surface area contributed by atoms with E-state index in [4.69, 9.17) is 9.97 Å². The zero-order chi connectivity index (χ0) is 16.7. The van der Waals surface area contributed by atoms with E-state index in [0.29, 0.717) is 6.42 Å². The maximum absolute atomic E-state index is 10.2. The lowest BCUT2D eigenvalue weighted by Crippen LogP contribution is -2.24. The first-order valence-electron chi connectivity index (χ1n) is 8.14. The van der Waals surface area contributed by atoms with Gasteiger partial charge in [-0.1, -0.05) is 0 Å². The Morgan fingerprint density at radius 2 is 2.29 bits per heavy atom. The molecule has 126 valence electrons. The summed E-state index contributed by atoms with van der Waals surface area (Å²) in [6.45, 7) is 3.91. The second kappa shape index (κ2) is 6.06. The van der Waals surface area contributed by atoms with Gasteiger partial charge in [0.15, 0.2) is 0 Å². The van der Waals surface area contributed by atoms with Crippen molar-refractivity contribution in [2.45, 2.75) is 51.2 Å². The maximum Gasteiger partial charge on any atom is 0.148 e. The van der Waals surface area contributed by atoms with Gasteiger partial charge in [0.25, 0.3) is 0 Å². The van der Waals surface area contributed by atoms with E-state index in [2.05, 4.69) is 21.1 Å². The molecule has 4 rings (SSSR count). The lowest BCUT2D eigenvalue weighted by molar-refractivity contribution is 0.0673. The van der Waals surface area contributed by atoms with E-state index in [0.717, 1.165) is 46.8 Å². The minimum atomic E-state index is -0.567. The largest absolute Gasteiger partial charge is 0.390 e. The van der Waals surface area contributed by atoms with Gasteiger partial charge in [-0.25, -0.2) is 9.97 Å². The topological polar surface area (TPSA) is 70.9 Å². The van der Waals surface area contributed by atoms with Crippen molar-refractivity contribution in [2.24, 2.45) is 0 Å². The van der Waals surface area contributed by atoms with Gasteiger partial charge < -0.3 is 10.4 Å². The Kier molecular flexibility index (Phi) is 4.02. The van der Waals surface area contributed by atoms with Crippen LogP contribution in [0.3, 0.4) is 0 Å². The summed E-state index contributed by atoms with van der Waals surface area (Å²) in [5.74, 6) is 1.71. The summed E-state index contributed by atoms with van der Waals surface area (Å²) in [5.41, 5.74) is 1.46. The number of aromatic nitrogens is 3. The van der Waals surface area contributed by atoms with E-state index in [-0.39, 0.29) is 6.04 Å². The number of aliphatic hydroxyl groups is 1. The summed E-state index contributed by atoms with van der Waals surface area (Å²) < 4.78 is 5.42. The highest BCUT2D eigenvalue weighted by Crippen LogP contribution is 2.34. The van der Waals surface area contributed by atoms with Crippen LogP contribution in [0.25, 0.3) is 10.2 Å². The van der Waals surface area contributed by atoms with Crippen LogP contribution < -0.4 is 5.32 Å². The second-order valence-corrected chi connectivity index (χ2v) is 8.62. The Bertz CT molecular complexity index is 870. The average molecular weight is 361 g/mol. The first-order valence-corrected chi connectivity index (χ1v) is 9.79. The number of nitrogens with one attached hydrogen (secondary N) is 1. The smallest absolute Gasteiger partial charge is 0.148 e. The molecule has 2 atom stereocenters. The van der Waals surface area contributed by atoms with Crippen molar-refractivity contribution in [1.29, 1.82) is 0 Å². The summed E-state index contributed by atoms with van der Waals surface area (Å²) in [4.78, 5) is 10.6. The van der Waals surface area contributed by atoms with Gasteiger partial charge in [-0.05, 0) is 62.2 Å². The molecule has 3 aromatic rings. The lowest BCUT2D eigenvalue weighted by atomic mass is 10.1. The fourth-order valence-corrected chi connectivity index (χ4v) is 4.80. The summed E-state index contributed by atoms with van der Waals surface area (Å²) >= 11 is 3.17. The molecule has 2 N–H and O–H groups in total. The SMILES string of the molecule is Cc1cc(Cc2nc(NC3CCC(C)(O)C3)c3sccc3n2)sn1. The molecule has 0 radical (unpaired) electrons. The standard InChI is InChI=1S/C17H20N4OS2/c1-10-7-12(24-21-10)8-14-19-13-4-6-23-15(13)16(20-14)18-11-3-5-17(2,22)9-11/h4,6-7,11,22H,3,5,8-9H2,1-2H3,(H,18,19,20). The molecule has 5 nitrogen and oxygen atoms in total. The monoisotopic (exact) mass is 360 g/mol. The number of nitrogens with zero attached hydrogens (tertiary/aromatic N) is 3. The molecule has 0 saturated heterocycles. The fourth-order valence-electron chi connectivity index (χ4n) is 3.28. The first kappa shape index (κ1) is 15.9. The van der Waals surface area contributed by atoms with Crippen LogP contribution in [0.2, 0.25) is 0 Å². The molecule has 0 spiro atoms. The minimum Gasteiger partial charge on any atom is -0.390 e. The quantitative estimate of drug-likeness (QED) is 0.741. The van der Waals surface area contributed by atoms with Crippen LogP contribution in [0, 0.1) is 6.92 Å². The molecule has 3 heterocycles. The van der Waals surface area contributed by atoms with E-state index < -0.39 is 5.60 Å². The van der Waals surface area contributed by atoms with Crippen LogP contribution in [-0.4, -0.2) is 31.1 Å². The van der Waals surface area contributed by atoms with Crippen molar-refractivity contribution in [1.82, 2.24) is 14.3 Å². The number of anilines is 1. The van der Waals surface area contributed by atoms with Gasteiger partial charge in [0.2, 0.25) is 0 Å². The van der Waals surface area contributed by atoms with Gasteiger partial charge in [0, 0.05) is 17.3 Å². The number of fused-ring (bicyclic) bond motifs is 1. The molecule has 2 unspecified atom stereocenters. The maximum atomic E-state index is 10.2. The Morgan fingerprint density at radius 1 is 1.42 bits per heavy atom. The first-order chi connectivity index (χ1) is 11.5. The molecule has 1 aliphatic carbocycles. The summed E-state index contributed by atoms with van der Waals surface area (Å²) in [6.07, 6.45) is 3.26. The number of thiophene rings is 1. The van der Waals surface area contributed by atoms with E-state index in [1.165, 1.54) is 16.4 Å². The van der Waals surface area contributed by atoms with Crippen LogP contribution in [0.5, 0.6) is 0 Å². The fraction of sp³-hybridized carbons (Fsp3) is 0.471. The third-order valence-electron chi connectivity index (χ3n) is 4.42. The predicted molar refractivity (Wildman–Crippen MR) is 99.0 cm³/mol. The predicted octanol–water partition coefficient (Wildman–Crippen LogP) is 3.76. The molecule has 1 fully saturated rings. The van der Waals surface area contributed by atoms with Crippen molar-refractivity contribution >= 4 is 38.9 Å². The Hall–Kier alpha value is -1.57. The van der Waals surface area contributed by atoms with Crippen LogP contribution in [0.4, 0.5) is 5.82 Å². The lowest BCUT2D eigenvalue weighted by Gasteiger charge is -2.17. The van der Waals surface area contributed by atoms with Gasteiger partial charge in [-0.2, -0.15) is 4.37 Å². The summed E-state index contributed by atoms with van der Waals surface area (Å²) in [5, 5.41) is 15.8. The van der Waals surface area contributed by atoms with Crippen LogP contribution in [0.15, 0.2) is 17.5 Å². The highest BCUT2D eigenvalue weighted by molar-refractivity contribution is 7.17. The molecule has 1 aliphatic rings. The van der Waals surface area contributed by atoms with Crippen molar-refractivity contribution in [3.8, 4) is 0 Å². The number of hydrogen-bond donors (Lipinski definition) is 2. The van der Waals surface area contributed by atoms with Crippen LogP contribution in [0.1, 0.15) is 42.6 Å². The van der Waals surface area contributed by atoms with Crippen molar-refractivity contribution < 1.29 is 5.11 Å². The van der Waals surface area contributed by atoms with Gasteiger partial charge in [0.1, 0.15) is 11.6 Å². The molecule has 3 aromatic heterocycles. The zero-order valence-electron chi connectivity index (χ0n) is 13.7. The van der Waals surface area contributed by atoms with E-state index >= 15 is 0 Å². The summed E-state index contributed by atoms with van der Waals surface area (Å²) in [7, 11) is 0. The highest BCUT2D eigenvalue weighted by atomic mass is 32.1. The Balaban J connectivity index is 1.62. The van der Waals surface area contributed by atoms with E-state index in [1.54, 1.807) is 11.3 Å². The van der Waals surface area contributed by atoms with Gasteiger partial charge >= 0.3 is 0 Å². The Labute approximate surface area is 149 Å². The molecular formula is C17H20N4OS2. The number of hydrogen-bond acceptors (Lipinski definition) is 7. The Morgan fingerprint density at radius 3 is 3.00 bits per heavy atom. The minimum absolute atomic E-state index is 0.263. The zero-order valence-corrected chi connectivity index (χ0v) is 15.4. The third-order valence-corrected chi connectivity index (χ3v) is 6.20. The van der Waals surface area contributed by atoms with Gasteiger partial charge in [-0.3, -0.25) is 0 Å². The van der Waals surface area contributed by atoms with E-state index in [9.17, 15) is 5.11 Å². The number of rotatable bonds is 4. The molecule has 7 heteroatoms. The molecule has 0 aliphatic heterocycles. The van der Waals surface area contributed by atoms with E-state index in [1.807, 2.05) is 19.9 Å². The molecule has 0 amide bonds. The molecule has 24 heavy (non-hydrogen) atoms. The summed E-state index contributed by atoms with van der Waals surface area (Å²) in [6, 6.07) is 4.39. The van der Waals surface area contributed by atoms with Crippen molar-refractivity contribution in [3.05, 3.63) is 33.9 Å². The van der Waals surface area contributed by atoms with Crippen LogP contribution >= 0.6 is 22.9 Å². The average Bonchev–Trinajstić information content (AvgIpc) is 3.20. The molecule has 1 saturated carbocycles. The van der Waals surface area contributed by atoms with Crippen LogP contribution in [-0.2, 0) is 6.42 Å². The van der Waals surface area contributed by atoms with Gasteiger partial charge in [-0.15, -0.1) is 11.3 Å². The molecule has 0 bridgehead atoms. The van der Waals surface area contributed by atoms with Crippen molar-refractivity contribution in [2.75, 3.05) is 5.32 Å². The van der Waals surface area contributed by atoms with Gasteiger partial charge in [0.05, 0.1) is 21.5 Å². The normalized spacial score (nSPS) is 23.9. The molecular weight excluding hydrogens is 340 g/mol. The van der Waals surface area contributed by atoms with Crippen molar-refractivity contribution in [3.63, 3.8) is 0 Å². The highest BCUT2D eigenvalue weighted by Gasteiger charge is 2.33. The number of aryl methyl sites for hydroxylation is 1. The third kappa shape index (κ3) is 3.29. The second-order valence-electron chi connectivity index (χ2n) is 6.82. The molecule has 0 aromatic carbocycles.